The molecule has 28 heavy (non-hydrogen) atoms. The number of hydrogen-bond acceptors (Lipinski definition) is 4. The lowest BCUT2D eigenvalue weighted by Crippen LogP contribution is -2.07. The highest BCUT2D eigenvalue weighted by molar-refractivity contribution is 6.03. The lowest BCUT2D eigenvalue weighted by molar-refractivity contribution is 0.0697. The topological polar surface area (TPSA) is 87.7 Å². The summed E-state index contributed by atoms with van der Waals surface area (Å²) in [6.45, 7) is 1.67. The lowest BCUT2D eigenvalue weighted by Gasteiger charge is -2.17. The van der Waals surface area contributed by atoms with Gasteiger partial charge in [0.05, 0.1) is 5.56 Å². The minimum Gasteiger partial charge on any atom is -0.505 e. The van der Waals surface area contributed by atoms with Crippen LogP contribution in [0, 0.1) is 18.6 Å². The number of carboxylic acids is 1. The molecule has 0 saturated carbocycles. The monoisotopic (exact) mass is 382 g/mol. The van der Waals surface area contributed by atoms with E-state index in [0.717, 1.165) is 24.3 Å². The van der Waals surface area contributed by atoms with E-state index in [-0.39, 0.29) is 27.9 Å². The Kier molecular flexibility index (Phi) is 3.88. The maximum atomic E-state index is 14.1. The molecule has 2 aliphatic rings. The molecule has 2 aromatic carbocycles. The molecule has 1 aliphatic carbocycles. The number of carbonyl (C=O) groups is 1. The fraction of sp³-hybridized carbons (Fsp3) is 0.0476. The summed E-state index contributed by atoms with van der Waals surface area (Å²) in [5.41, 5.74) is 0.935. The van der Waals surface area contributed by atoms with Crippen molar-refractivity contribution >= 4 is 16.9 Å². The average Bonchev–Trinajstić information content (AvgIpc) is 2.63. The highest BCUT2D eigenvalue weighted by Gasteiger charge is 2.22. The van der Waals surface area contributed by atoms with Crippen LogP contribution in [0.3, 0.4) is 0 Å². The zero-order chi connectivity index (χ0) is 20.2. The van der Waals surface area contributed by atoms with E-state index in [4.69, 9.17) is 4.42 Å². The second kappa shape index (κ2) is 6.16. The molecule has 0 aromatic heterocycles. The van der Waals surface area contributed by atoms with Gasteiger partial charge in [0.15, 0.2) is 17.4 Å². The Morgan fingerprint density at radius 3 is 2.43 bits per heavy atom. The van der Waals surface area contributed by atoms with Gasteiger partial charge in [-0.05, 0) is 42.3 Å². The molecule has 5 nitrogen and oxygen atoms in total. The van der Waals surface area contributed by atoms with Gasteiger partial charge in [0.25, 0.3) is 0 Å². The van der Waals surface area contributed by atoms with Gasteiger partial charge in [0.1, 0.15) is 11.3 Å². The van der Waals surface area contributed by atoms with E-state index >= 15 is 0 Å². The summed E-state index contributed by atoms with van der Waals surface area (Å²) >= 11 is 0. The molecule has 1 heterocycles. The zero-order valence-corrected chi connectivity index (χ0v) is 14.4. The summed E-state index contributed by atoms with van der Waals surface area (Å²) in [7, 11) is 0. The molecule has 0 unspecified atom stereocenters. The van der Waals surface area contributed by atoms with Gasteiger partial charge < -0.3 is 14.6 Å². The standard InChI is InChI=1S/C21H12F2O5/c1-9-4-10(21(26)27)2-3-11(9)20-12-5-14(22)16(24)7-18(12)28-19-8-17(25)15(23)6-13(19)20/h2-8,24H,1H3,(H,26,27). The molecule has 0 bridgehead atoms. The van der Waals surface area contributed by atoms with Crippen LogP contribution in [0.5, 0.6) is 5.75 Å². The van der Waals surface area contributed by atoms with E-state index in [0.29, 0.717) is 16.7 Å². The highest BCUT2D eigenvalue weighted by Crippen LogP contribution is 2.42. The number of phenolic OH excluding ortho intramolecular Hbond substituents is 1. The van der Waals surface area contributed by atoms with Gasteiger partial charge in [-0.2, -0.15) is 0 Å². The number of halogens is 2. The Labute approximate surface area is 156 Å². The highest BCUT2D eigenvalue weighted by atomic mass is 19.1. The fourth-order valence-corrected chi connectivity index (χ4v) is 3.27. The molecule has 0 spiro atoms. The Morgan fingerprint density at radius 2 is 1.75 bits per heavy atom. The van der Waals surface area contributed by atoms with E-state index in [2.05, 4.69) is 0 Å². The number of hydrogen-bond donors (Lipinski definition) is 2. The number of aromatic carboxylic acids is 1. The molecule has 0 saturated heterocycles. The van der Waals surface area contributed by atoms with Crippen molar-refractivity contribution in [2.45, 2.75) is 6.92 Å². The predicted octanol–water partition coefficient (Wildman–Crippen LogP) is 4.56. The molecule has 0 fully saturated rings. The van der Waals surface area contributed by atoms with Crippen molar-refractivity contribution in [1.82, 2.24) is 0 Å². The van der Waals surface area contributed by atoms with E-state index in [1.165, 1.54) is 18.2 Å². The summed E-state index contributed by atoms with van der Waals surface area (Å²) in [6, 6.07) is 8.45. The number of aromatic hydroxyl groups is 1. The second-order valence-corrected chi connectivity index (χ2v) is 6.39. The second-order valence-electron chi connectivity index (χ2n) is 6.39. The SMILES string of the molecule is Cc1cc(C(=O)O)ccc1-c1c2cc(F)c(=O)cc-2oc2cc(O)c(F)cc12. The number of carboxylic acid groups (broad SMARTS) is 1. The van der Waals surface area contributed by atoms with Crippen LogP contribution in [0.15, 0.2) is 51.7 Å². The molecule has 7 heteroatoms. The third-order valence-corrected chi connectivity index (χ3v) is 4.58. The summed E-state index contributed by atoms with van der Waals surface area (Å²) in [4.78, 5) is 22.9. The van der Waals surface area contributed by atoms with Gasteiger partial charge in [0, 0.05) is 28.6 Å². The van der Waals surface area contributed by atoms with Crippen molar-refractivity contribution < 1.29 is 28.2 Å². The average molecular weight is 382 g/mol. The molecule has 140 valence electrons. The first-order chi connectivity index (χ1) is 13.3. The summed E-state index contributed by atoms with van der Waals surface area (Å²) in [6.07, 6.45) is 0. The number of rotatable bonds is 2. The van der Waals surface area contributed by atoms with Crippen LogP contribution in [0.2, 0.25) is 0 Å². The number of benzene rings is 3. The lowest BCUT2D eigenvalue weighted by atomic mass is 9.90. The fourth-order valence-electron chi connectivity index (χ4n) is 3.27. The van der Waals surface area contributed by atoms with Crippen LogP contribution in [-0.2, 0) is 0 Å². The Bertz CT molecular complexity index is 1310. The van der Waals surface area contributed by atoms with Crippen molar-refractivity contribution in [3.05, 3.63) is 75.4 Å². The van der Waals surface area contributed by atoms with Crippen molar-refractivity contribution in [3.8, 4) is 28.2 Å². The van der Waals surface area contributed by atoms with Crippen molar-refractivity contribution in [2.24, 2.45) is 0 Å². The smallest absolute Gasteiger partial charge is 0.335 e. The molecule has 1 aliphatic heterocycles. The first kappa shape index (κ1) is 17.7. The third kappa shape index (κ3) is 2.68. The van der Waals surface area contributed by atoms with E-state index in [1.54, 1.807) is 6.92 Å². The van der Waals surface area contributed by atoms with Crippen LogP contribution in [0.4, 0.5) is 8.78 Å². The van der Waals surface area contributed by atoms with Gasteiger partial charge in [-0.1, -0.05) is 6.07 Å². The third-order valence-electron chi connectivity index (χ3n) is 4.58. The summed E-state index contributed by atoms with van der Waals surface area (Å²) in [5.74, 6) is -3.58. The van der Waals surface area contributed by atoms with Gasteiger partial charge in [-0.15, -0.1) is 0 Å². The maximum absolute atomic E-state index is 14.1. The minimum atomic E-state index is -1.11. The number of aryl methyl sites for hydroxylation is 1. The number of fused-ring (bicyclic) bond motifs is 2. The maximum Gasteiger partial charge on any atom is 0.335 e. The molecule has 4 rings (SSSR count). The van der Waals surface area contributed by atoms with Gasteiger partial charge in [0.2, 0.25) is 5.43 Å². The zero-order valence-electron chi connectivity index (χ0n) is 14.4. The van der Waals surface area contributed by atoms with Crippen LogP contribution < -0.4 is 5.43 Å². The molecular weight excluding hydrogens is 370 g/mol. The van der Waals surface area contributed by atoms with Crippen molar-refractivity contribution in [1.29, 1.82) is 0 Å². The summed E-state index contributed by atoms with van der Waals surface area (Å²) in [5, 5.41) is 19.1. The van der Waals surface area contributed by atoms with Crippen LogP contribution in [-0.4, -0.2) is 16.2 Å². The first-order valence-electron chi connectivity index (χ1n) is 8.19. The summed E-state index contributed by atoms with van der Waals surface area (Å²) < 4.78 is 33.7. The van der Waals surface area contributed by atoms with Crippen LogP contribution in [0.1, 0.15) is 15.9 Å². The Balaban J connectivity index is 2.19. The quantitative estimate of drug-likeness (QED) is 0.497. The van der Waals surface area contributed by atoms with Crippen LogP contribution in [0.25, 0.3) is 33.4 Å². The Hall–Kier alpha value is -3.74. The van der Waals surface area contributed by atoms with E-state index in [9.17, 15) is 28.6 Å². The largest absolute Gasteiger partial charge is 0.505 e. The van der Waals surface area contributed by atoms with Gasteiger partial charge in [-0.3, -0.25) is 4.79 Å². The molecule has 0 amide bonds. The van der Waals surface area contributed by atoms with E-state index < -0.39 is 28.8 Å². The minimum absolute atomic E-state index is 0.0571. The van der Waals surface area contributed by atoms with Crippen molar-refractivity contribution in [3.63, 3.8) is 0 Å². The molecular formula is C21H12F2O5. The normalized spacial score (nSPS) is 11.2. The van der Waals surface area contributed by atoms with Gasteiger partial charge in [-0.25, -0.2) is 13.6 Å². The number of phenols is 1. The predicted molar refractivity (Wildman–Crippen MR) is 97.8 cm³/mol. The van der Waals surface area contributed by atoms with Crippen molar-refractivity contribution in [2.75, 3.05) is 0 Å². The molecule has 0 atom stereocenters. The van der Waals surface area contributed by atoms with Crippen LogP contribution >= 0.6 is 0 Å². The first-order valence-corrected chi connectivity index (χ1v) is 8.19. The molecule has 2 N–H and O–H groups in total. The molecule has 0 radical (unpaired) electrons. The van der Waals surface area contributed by atoms with E-state index in [1.807, 2.05) is 0 Å². The Morgan fingerprint density at radius 1 is 1.00 bits per heavy atom. The van der Waals surface area contributed by atoms with Gasteiger partial charge >= 0.3 is 5.97 Å². The molecule has 2 aromatic rings.